The Labute approximate surface area is 134 Å². The molecule has 0 spiro atoms. The normalized spacial score (nSPS) is 31.2. The van der Waals surface area contributed by atoms with Crippen LogP contribution in [0.2, 0.25) is 0 Å². The minimum Gasteiger partial charge on any atom is -0.340 e. The molecule has 22 heavy (non-hydrogen) atoms. The van der Waals surface area contributed by atoms with Crippen molar-refractivity contribution in [1.82, 2.24) is 10.2 Å². The Morgan fingerprint density at radius 1 is 1.27 bits per heavy atom. The van der Waals surface area contributed by atoms with Crippen LogP contribution in [0.1, 0.15) is 12.5 Å². The van der Waals surface area contributed by atoms with Crippen LogP contribution < -0.4 is 5.32 Å². The van der Waals surface area contributed by atoms with Crippen LogP contribution in [-0.4, -0.2) is 39.9 Å². The molecule has 0 aromatic heterocycles. The molecule has 3 aliphatic heterocycles. The summed E-state index contributed by atoms with van der Waals surface area (Å²) in [6.45, 7) is 1.69. The summed E-state index contributed by atoms with van der Waals surface area (Å²) in [6.07, 6.45) is 0.299. The van der Waals surface area contributed by atoms with Crippen LogP contribution >= 0.6 is 21.6 Å². The van der Waals surface area contributed by atoms with Crippen LogP contribution in [0.4, 0.5) is 8.78 Å². The number of nitrogens with one attached hydrogen (secondary N) is 1. The van der Waals surface area contributed by atoms with E-state index in [0.29, 0.717) is 12.0 Å². The smallest absolute Gasteiger partial charge is 0.257 e. The Kier molecular flexibility index (Phi) is 3.84. The lowest BCUT2D eigenvalue weighted by molar-refractivity contribution is -0.148. The zero-order valence-corrected chi connectivity index (χ0v) is 13.6. The summed E-state index contributed by atoms with van der Waals surface area (Å²) in [5.41, 5.74) is 0.468. The van der Waals surface area contributed by atoms with E-state index >= 15 is 0 Å². The number of rotatable bonds is 2. The van der Waals surface area contributed by atoms with Crippen LogP contribution in [0.25, 0.3) is 0 Å². The molecule has 3 saturated heterocycles. The van der Waals surface area contributed by atoms with Crippen LogP contribution in [0.3, 0.4) is 0 Å². The molecule has 118 valence electrons. The third-order valence-corrected chi connectivity index (χ3v) is 7.58. The predicted molar refractivity (Wildman–Crippen MR) is 82.1 cm³/mol. The summed E-state index contributed by atoms with van der Waals surface area (Å²) in [7, 11) is 4.31. The van der Waals surface area contributed by atoms with E-state index in [0.717, 1.165) is 6.07 Å². The van der Waals surface area contributed by atoms with Gasteiger partial charge in [0, 0.05) is 18.4 Å². The summed E-state index contributed by atoms with van der Waals surface area (Å²) in [5, 5.41) is 2.46. The largest absolute Gasteiger partial charge is 0.340 e. The first kappa shape index (κ1) is 15.6. The standard InChI is InChI=1S/C14H14F2N2O2S2/c1-14-13(20)17-11(12(19)18(14)2)10(21-22-14)5-7-3-8(15)6-9(16)4-7/h3-4,6,10-11H,5H2,1-2H3,(H,17,20). The van der Waals surface area contributed by atoms with Gasteiger partial charge in [-0.2, -0.15) is 0 Å². The van der Waals surface area contributed by atoms with Gasteiger partial charge < -0.3 is 10.2 Å². The number of amides is 2. The van der Waals surface area contributed by atoms with E-state index in [9.17, 15) is 18.4 Å². The molecule has 3 atom stereocenters. The van der Waals surface area contributed by atoms with Gasteiger partial charge in [0.2, 0.25) is 5.91 Å². The molecular weight excluding hydrogens is 330 g/mol. The van der Waals surface area contributed by atoms with Gasteiger partial charge in [-0.25, -0.2) is 8.78 Å². The first-order valence-electron chi connectivity index (χ1n) is 6.69. The van der Waals surface area contributed by atoms with Gasteiger partial charge in [-0.15, -0.1) is 0 Å². The van der Waals surface area contributed by atoms with Crippen LogP contribution in [0.5, 0.6) is 0 Å². The number of carbonyl (C=O) groups excluding carboxylic acids is 2. The van der Waals surface area contributed by atoms with Gasteiger partial charge in [-0.05, 0) is 31.0 Å². The van der Waals surface area contributed by atoms with Crippen molar-refractivity contribution in [2.45, 2.75) is 29.5 Å². The summed E-state index contributed by atoms with van der Waals surface area (Å²) in [6, 6.07) is 2.63. The van der Waals surface area contributed by atoms with Crippen molar-refractivity contribution in [3.05, 3.63) is 35.4 Å². The number of hydrogen-bond donors (Lipinski definition) is 1. The number of piperazine rings is 1. The molecule has 3 aliphatic rings. The second-order valence-electron chi connectivity index (χ2n) is 5.53. The second kappa shape index (κ2) is 5.42. The van der Waals surface area contributed by atoms with Crippen molar-refractivity contribution < 1.29 is 18.4 Å². The quantitative estimate of drug-likeness (QED) is 0.833. The van der Waals surface area contributed by atoms with E-state index in [1.54, 1.807) is 14.0 Å². The highest BCUT2D eigenvalue weighted by Gasteiger charge is 2.54. The van der Waals surface area contributed by atoms with Gasteiger partial charge >= 0.3 is 0 Å². The van der Waals surface area contributed by atoms with Crippen molar-refractivity contribution in [1.29, 1.82) is 0 Å². The summed E-state index contributed by atoms with van der Waals surface area (Å²) in [5.74, 6) is -1.69. The molecule has 1 N–H and O–H groups in total. The maximum atomic E-state index is 13.3. The maximum Gasteiger partial charge on any atom is 0.257 e. The van der Waals surface area contributed by atoms with Gasteiger partial charge in [0.25, 0.3) is 5.91 Å². The highest BCUT2D eigenvalue weighted by atomic mass is 33.1. The van der Waals surface area contributed by atoms with E-state index in [4.69, 9.17) is 0 Å². The predicted octanol–water partition coefficient (Wildman–Crippen LogP) is 1.94. The average molecular weight is 344 g/mol. The zero-order chi connectivity index (χ0) is 16.1. The van der Waals surface area contributed by atoms with Crippen LogP contribution in [0.15, 0.2) is 18.2 Å². The van der Waals surface area contributed by atoms with E-state index < -0.39 is 22.5 Å². The van der Waals surface area contributed by atoms with Crippen molar-refractivity contribution in [2.75, 3.05) is 7.05 Å². The minimum absolute atomic E-state index is 0.179. The van der Waals surface area contributed by atoms with E-state index in [1.165, 1.54) is 38.6 Å². The van der Waals surface area contributed by atoms with Crippen LogP contribution in [-0.2, 0) is 16.0 Å². The number of halogens is 2. The summed E-state index contributed by atoms with van der Waals surface area (Å²) >= 11 is 0. The number of fused-ring (bicyclic) bond motifs is 4. The molecule has 0 aliphatic carbocycles. The van der Waals surface area contributed by atoms with Gasteiger partial charge in [0.15, 0.2) is 4.87 Å². The monoisotopic (exact) mass is 344 g/mol. The fourth-order valence-electron chi connectivity index (χ4n) is 2.58. The van der Waals surface area contributed by atoms with Crippen molar-refractivity contribution in [2.24, 2.45) is 0 Å². The third kappa shape index (κ3) is 2.48. The zero-order valence-electron chi connectivity index (χ0n) is 11.9. The topological polar surface area (TPSA) is 49.4 Å². The number of hydrogen-bond acceptors (Lipinski definition) is 4. The lowest BCUT2D eigenvalue weighted by atomic mass is 10.00. The third-order valence-electron chi connectivity index (χ3n) is 4.01. The highest BCUT2D eigenvalue weighted by molar-refractivity contribution is 8.77. The average Bonchev–Trinajstić information content (AvgIpc) is 2.60. The molecule has 0 saturated carbocycles. The van der Waals surface area contributed by atoms with E-state index in [1.807, 2.05) is 0 Å². The summed E-state index contributed by atoms with van der Waals surface area (Å²) in [4.78, 5) is 25.1. The van der Waals surface area contributed by atoms with Crippen LogP contribution in [0, 0.1) is 11.6 Å². The lowest BCUT2D eigenvalue weighted by Gasteiger charge is -2.40. The Morgan fingerprint density at radius 3 is 2.55 bits per heavy atom. The fourth-order valence-corrected chi connectivity index (χ4v) is 5.81. The molecule has 1 aromatic carbocycles. The first-order chi connectivity index (χ1) is 10.3. The maximum absolute atomic E-state index is 13.3. The van der Waals surface area contributed by atoms with Crippen molar-refractivity contribution >= 4 is 33.4 Å². The van der Waals surface area contributed by atoms with Gasteiger partial charge in [0.1, 0.15) is 17.7 Å². The first-order valence-corrected chi connectivity index (χ1v) is 8.90. The molecule has 2 amide bonds. The Hall–Kier alpha value is -1.28. The Balaban J connectivity index is 1.89. The molecule has 8 heteroatoms. The van der Waals surface area contributed by atoms with Gasteiger partial charge in [-0.1, -0.05) is 21.6 Å². The molecule has 2 bridgehead atoms. The Bertz CT molecular complexity index is 637. The second-order valence-corrected chi connectivity index (χ2v) is 8.37. The Morgan fingerprint density at radius 2 is 1.91 bits per heavy atom. The molecule has 3 unspecified atom stereocenters. The summed E-state index contributed by atoms with van der Waals surface area (Å²) < 4.78 is 26.6. The molecule has 3 fully saturated rings. The molecule has 1 aromatic rings. The van der Waals surface area contributed by atoms with Crippen molar-refractivity contribution in [3.63, 3.8) is 0 Å². The molecule has 4 rings (SSSR count). The molecule has 0 radical (unpaired) electrons. The molecule has 4 nitrogen and oxygen atoms in total. The van der Waals surface area contributed by atoms with E-state index in [-0.39, 0.29) is 17.1 Å². The SMILES string of the molecule is CN1C(=O)C2NC(=O)C1(C)SSC2Cc1cc(F)cc(F)c1. The lowest BCUT2D eigenvalue weighted by Crippen LogP contribution is -2.67. The minimum atomic E-state index is -0.958. The number of likely N-dealkylation sites (N-methyl/N-ethyl adjacent to an activating group) is 1. The molecular formula is C14H14F2N2O2S2. The number of carbonyl (C=O) groups is 2. The molecule has 3 heterocycles. The number of nitrogens with zero attached hydrogens (tertiary/aromatic N) is 1. The van der Waals surface area contributed by atoms with Gasteiger partial charge in [-0.3, -0.25) is 9.59 Å². The van der Waals surface area contributed by atoms with E-state index in [2.05, 4.69) is 5.32 Å². The highest BCUT2D eigenvalue weighted by Crippen LogP contribution is 2.48. The van der Waals surface area contributed by atoms with Crippen molar-refractivity contribution in [3.8, 4) is 0 Å². The number of benzene rings is 1. The fraction of sp³-hybridized carbons (Fsp3) is 0.429. The van der Waals surface area contributed by atoms with Gasteiger partial charge in [0.05, 0.1) is 0 Å².